The average molecular weight is 448 g/mol. The van der Waals surface area contributed by atoms with E-state index in [1.54, 1.807) is 12.1 Å². The third-order valence-corrected chi connectivity index (χ3v) is 6.21. The summed E-state index contributed by atoms with van der Waals surface area (Å²) < 4.78 is 11.0. The Morgan fingerprint density at radius 1 is 1.03 bits per heavy atom. The molecule has 2 heterocycles. The molecule has 1 N–H and O–H groups in total. The van der Waals surface area contributed by atoms with Gasteiger partial charge in [-0.2, -0.15) is 0 Å². The first kappa shape index (κ1) is 22.9. The molecular weight excluding hydrogens is 414 g/mol. The van der Waals surface area contributed by atoms with Crippen molar-refractivity contribution >= 4 is 11.6 Å². The minimum atomic E-state index is -0.195. The van der Waals surface area contributed by atoms with Crippen LogP contribution in [0.3, 0.4) is 0 Å². The van der Waals surface area contributed by atoms with Crippen molar-refractivity contribution in [1.82, 2.24) is 10.2 Å². The molecule has 0 radical (unpaired) electrons. The highest BCUT2D eigenvalue weighted by Crippen LogP contribution is 2.24. The molecular formula is C27H33N3O3. The van der Waals surface area contributed by atoms with Gasteiger partial charge in [-0.25, -0.2) is 0 Å². The third kappa shape index (κ3) is 6.17. The number of furan rings is 1. The van der Waals surface area contributed by atoms with Gasteiger partial charge in [-0.15, -0.1) is 0 Å². The third-order valence-electron chi connectivity index (χ3n) is 6.21. The number of hydrogen-bond donors (Lipinski definition) is 1. The summed E-state index contributed by atoms with van der Waals surface area (Å²) in [5.74, 6) is 1.01. The first-order valence-corrected chi connectivity index (χ1v) is 11.7. The van der Waals surface area contributed by atoms with Crippen LogP contribution >= 0.6 is 0 Å². The van der Waals surface area contributed by atoms with Gasteiger partial charge in [-0.1, -0.05) is 24.3 Å². The Morgan fingerprint density at radius 3 is 2.64 bits per heavy atom. The fourth-order valence-corrected chi connectivity index (χ4v) is 4.18. The Bertz CT molecular complexity index is 1040. The number of aryl methyl sites for hydroxylation is 1. The highest BCUT2D eigenvalue weighted by molar-refractivity contribution is 5.91. The van der Waals surface area contributed by atoms with Gasteiger partial charge < -0.3 is 19.4 Å². The molecule has 0 atom stereocenters. The Balaban J connectivity index is 1.19. The van der Waals surface area contributed by atoms with Gasteiger partial charge >= 0.3 is 0 Å². The maximum absolute atomic E-state index is 11.9. The lowest BCUT2D eigenvalue weighted by Crippen LogP contribution is -2.46. The van der Waals surface area contributed by atoms with Crippen LogP contribution in [-0.4, -0.2) is 50.1 Å². The van der Waals surface area contributed by atoms with Gasteiger partial charge in [-0.3, -0.25) is 9.69 Å². The summed E-state index contributed by atoms with van der Waals surface area (Å²) in [6, 6.07) is 18.3. The summed E-state index contributed by atoms with van der Waals surface area (Å²) >= 11 is 0. The monoisotopic (exact) mass is 447 g/mol. The van der Waals surface area contributed by atoms with E-state index in [1.165, 1.54) is 28.6 Å². The van der Waals surface area contributed by atoms with Crippen LogP contribution < -0.4 is 15.0 Å². The lowest BCUT2D eigenvalue weighted by atomic mass is 10.1. The van der Waals surface area contributed by atoms with Crippen LogP contribution in [-0.2, 0) is 6.54 Å². The maximum atomic E-state index is 11.9. The number of benzene rings is 2. The van der Waals surface area contributed by atoms with Crippen LogP contribution in [0.5, 0.6) is 5.75 Å². The first-order valence-electron chi connectivity index (χ1n) is 11.7. The van der Waals surface area contributed by atoms with Crippen molar-refractivity contribution in [2.24, 2.45) is 0 Å². The summed E-state index contributed by atoms with van der Waals surface area (Å²) in [6.07, 6.45) is 2.23. The van der Waals surface area contributed by atoms with Crippen molar-refractivity contribution in [1.29, 1.82) is 0 Å². The molecule has 33 heavy (non-hydrogen) atoms. The van der Waals surface area contributed by atoms with Crippen LogP contribution in [0.4, 0.5) is 5.69 Å². The van der Waals surface area contributed by atoms with E-state index in [-0.39, 0.29) is 5.91 Å². The van der Waals surface area contributed by atoms with Crippen molar-refractivity contribution in [2.45, 2.75) is 26.8 Å². The summed E-state index contributed by atoms with van der Waals surface area (Å²) in [6.45, 7) is 10.6. The maximum Gasteiger partial charge on any atom is 0.286 e. The second kappa shape index (κ2) is 11.1. The molecule has 1 aliphatic heterocycles. The molecule has 0 spiro atoms. The molecule has 1 amide bonds. The van der Waals surface area contributed by atoms with Crippen LogP contribution in [0.2, 0.25) is 0 Å². The van der Waals surface area contributed by atoms with Crippen molar-refractivity contribution in [3.8, 4) is 5.75 Å². The van der Waals surface area contributed by atoms with Crippen LogP contribution in [0.1, 0.15) is 33.7 Å². The number of hydrogen-bond acceptors (Lipinski definition) is 5. The first-order chi connectivity index (χ1) is 16.1. The lowest BCUT2D eigenvalue weighted by Gasteiger charge is -2.37. The molecule has 1 aromatic heterocycles. The number of nitrogens with one attached hydrogen (secondary N) is 1. The second-order valence-corrected chi connectivity index (χ2v) is 8.56. The fourth-order valence-electron chi connectivity index (χ4n) is 4.18. The van der Waals surface area contributed by atoms with E-state index in [0.717, 1.165) is 44.9 Å². The zero-order valence-electron chi connectivity index (χ0n) is 19.5. The molecule has 0 bridgehead atoms. The lowest BCUT2D eigenvalue weighted by molar-refractivity contribution is 0.0924. The van der Waals surface area contributed by atoms with Crippen molar-refractivity contribution in [3.05, 3.63) is 83.3 Å². The zero-order valence-corrected chi connectivity index (χ0v) is 19.5. The Hall–Kier alpha value is -3.25. The van der Waals surface area contributed by atoms with E-state index in [4.69, 9.17) is 9.15 Å². The van der Waals surface area contributed by atoms with E-state index >= 15 is 0 Å². The second-order valence-electron chi connectivity index (χ2n) is 8.56. The Kier molecular flexibility index (Phi) is 7.68. The summed E-state index contributed by atoms with van der Waals surface area (Å²) in [5.41, 5.74) is 5.37. The number of carbonyl (C=O) groups is 1. The molecule has 1 aliphatic rings. The van der Waals surface area contributed by atoms with Gasteiger partial charge in [-0.05, 0) is 67.3 Å². The van der Waals surface area contributed by atoms with Crippen LogP contribution in [0, 0.1) is 13.8 Å². The van der Waals surface area contributed by atoms with Gasteiger partial charge in [0.15, 0.2) is 5.76 Å². The Morgan fingerprint density at radius 2 is 1.85 bits per heavy atom. The Labute approximate surface area is 196 Å². The highest BCUT2D eigenvalue weighted by atomic mass is 16.5. The van der Waals surface area contributed by atoms with E-state index in [1.807, 2.05) is 6.07 Å². The number of anilines is 1. The molecule has 174 valence electrons. The number of nitrogens with zero attached hydrogens (tertiary/aromatic N) is 2. The zero-order chi connectivity index (χ0) is 23.0. The predicted octanol–water partition coefficient (Wildman–Crippen LogP) is 4.42. The SMILES string of the molecule is Cc1cccc(N2CCN(Cc3cccc(OCCCNC(=O)c4ccco4)c3)CC2)c1C. The molecule has 0 saturated carbocycles. The molecule has 0 unspecified atom stereocenters. The number of carbonyl (C=O) groups excluding carboxylic acids is 1. The number of piperazine rings is 1. The van der Waals surface area contributed by atoms with Crippen molar-refractivity contribution < 1.29 is 13.9 Å². The standard InChI is InChI=1S/C27H33N3O3/c1-21-7-3-10-25(22(21)2)30-15-13-29(14-16-30)20-23-8-4-9-24(19-23)32-18-6-12-28-27(31)26-11-5-17-33-26/h3-5,7-11,17,19H,6,12-16,18,20H2,1-2H3,(H,28,31). The largest absolute Gasteiger partial charge is 0.494 e. The van der Waals surface area contributed by atoms with E-state index in [0.29, 0.717) is 18.9 Å². The molecule has 6 nitrogen and oxygen atoms in total. The topological polar surface area (TPSA) is 58.0 Å². The molecule has 1 saturated heterocycles. The van der Waals surface area contributed by atoms with E-state index < -0.39 is 0 Å². The van der Waals surface area contributed by atoms with Gasteiger partial charge in [0.1, 0.15) is 5.75 Å². The summed E-state index contributed by atoms with van der Waals surface area (Å²) in [5, 5.41) is 2.84. The van der Waals surface area contributed by atoms with Gasteiger partial charge in [0.05, 0.1) is 12.9 Å². The minimum Gasteiger partial charge on any atom is -0.494 e. The predicted molar refractivity (Wildman–Crippen MR) is 131 cm³/mol. The number of ether oxygens (including phenoxy) is 1. The number of amides is 1. The molecule has 2 aromatic carbocycles. The summed E-state index contributed by atoms with van der Waals surface area (Å²) in [7, 11) is 0. The molecule has 4 rings (SSSR count). The fraction of sp³-hybridized carbons (Fsp3) is 0.370. The van der Waals surface area contributed by atoms with E-state index in [2.05, 4.69) is 65.4 Å². The minimum absolute atomic E-state index is 0.195. The molecule has 1 fully saturated rings. The number of rotatable bonds is 9. The van der Waals surface area contributed by atoms with Gasteiger partial charge in [0.25, 0.3) is 5.91 Å². The van der Waals surface area contributed by atoms with Crippen molar-refractivity contribution in [3.63, 3.8) is 0 Å². The van der Waals surface area contributed by atoms with Gasteiger partial charge in [0, 0.05) is 45.0 Å². The highest BCUT2D eigenvalue weighted by Gasteiger charge is 2.19. The van der Waals surface area contributed by atoms with Crippen molar-refractivity contribution in [2.75, 3.05) is 44.2 Å². The summed E-state index contributed by atoms with van der Waals surface area (Å²) in [4.78, 5) is 16.9. The molecule has 0 aliphatic carbocycles. The van der Waals surface area contributed by atoms with E-state index in [9.17, 15) is 4.79 Å². The quantitative estimate of drug-likeness (QED) is 0.492. The van der Waals surface area contributed by atoms with Gasteiger partial charge in [0.2, 0.25) is 0 Å². The molecule has 3 aromatic rings. The molecule has 6 heteroatoms. The smallest absolute Gasteiger partial charge is 0.286 e. The van der Waals surface area contributed by atoms with Crippen LogP contribution in [0.15, 0.2) is 65.3 Å². The van der Waals surface area contributed by atoms with Crippen LogP contribution in [0.25, 0.3) is 0 Å². The normalized spacial score (nSPS) is 14.3. The average Bonchev–Trinajstić information content (AvgIpc) is 3.37.